The first-order valence-corrected chi connectivity index (χ1v) is 7.78. The number of anilines is 1. The van der Waals surface area contributed by atoms with Gasteiger partial charge in [0.25, 0.3) is 0 Å². The van der Waals surface area contributed by atoms with Gasteiger partial charge in [0.1, 0.15) is 0 Å². The molecule has 2 nitrogen and oxygen atoms in total. The maximum atomic E-state index is 6.05. The average Bonchev–Trinajstić information content (AvgIpc) is 2.58. The van der Waals surface area contributed by atoms with Crippen LogP contribution in [0.2, 0.25) is 10.0 Å². The summed E-state index contributed by atoms with van der Waals surface area (Å²) in [6, 6.07) is 4.41. The number of nitrogens with two attached hydrogens (primary N) is 1. The van der Waals surface area contributed by atoms with Crippen LogP contribution in [-0.4, -0.2) is 6.04 Å². The molecule has 1 aromatic carbocycles. The smallest absolute Gasteiger partial charge is 0.0693 e. The van der Waals surface area contributed by atoms with E-state index in [-0.39, 0.29) is 0 Å². The molecule has 1 aliphatic rings. The number of halogens is 2. The molecule has 106 valence electrons. The Hall–Kier alpha value is -0.440. The Balaban J connectivity index is 1.91. The highest BCUT2D eigenvalue weighted by molar-refractivity contribution is 6.38. The second kappa shape index (κ2) is 6.83. The van der Waals surface area contributed by atoms with Gasteiger partial charge in [-0.05, 0) is 42.9 Å². The van der Waals surface area contributed by atoms with Crippen LogP contribution in [0.5, 0.6) is 0 Å². The number of nitrogen functional groups attached to an aromatic ring is 1. The zero-order chi connectivity index (χ0) is 13.8. The van der Waals surface area contributed by atoms with E-state index in [0.717, 1.165) is 18.0 Å². The summed E-state index contributed by atoms with van der Waals surface area (Å²) in [4.78, 5) is 0. The Morgan fingerprint density at radius 2 is 1.84 bits per heavy atom. The second-order valence-electron chi connectivity index (χ2n) is 5.66. The zero-order valence-electron chi connectivity index (χ0n) is 11.4. The van der Waals surface area contributed by atoms with Crippen LogP contribution in [-0.2, 0) is 6.54 Å². The fraction of sp³-hybridized carbons (Fsp3) is 0.600. The minimum Gasteiger partial charge on any atom is -0.396 e. The third kappa shape index (κ3) is 4.27. The lowest BCUT2D eigenvalue weighted by atomic mass is 10.0. The summed E-state index contributed by atoms with van der Waals surface area (Å²) in [6.45, 7) is 3.15. The maximum absolute atomic E-state index is 6.05. The van der Waals surface area contributed by atoms with Crippen molar-refractivity contribution in [2.45, 2.75) is 51.6 Å². The summed E-state index contributed by atoms with van der Waals surface area (Å²) in [5, 5.41) is 4.70. The SMILES string of the molecule is CC1CCCC(NCc2cc(Cl)c(N)c(Cl)c2)CC1. The molecule has 1 aliphatic carbocycles. The average molecular weight is 301 g/mol. The molecule has 0 heterocycles. The third-order valence-electron chi connectivity index (χ3n) is 3.99. The Morgan fingerprint density at radius 1 is 1.16 bits per heavy atom. The van der Waals surface area contributed by atoms with Crippen LogP contribution < -0.4 is 11.1 Å². The first-order chi connectivity index (χ1) is 9.06. The van der Waals surface area contributed by atoms with Gasteiger partial charge in [-0.1, -0.05) is 43.0 Å². The van der Waals surface area contributed by atoms with E-state index in [1.807, 2.05) is 12.1 Å². The van der Waals surface area contributed by atoms with Crippen LogP contribution in [0, 0.1) is 5.92 Å². The minimum atomic E-state index is 0.468. The molecule has 0 bridgehead atoms. The van der Waals surface area contributed by atoms with Crippen molar-refractivity contribution >= 4 is 28.9 Å². The van der Waals surface area contributed by atoms with E-state index < -0.39 is 0 Å². The van der Waals surface area contributed by atoms with Crippen molar-refractivity contribution in [1.29, 1.82) is 0 Å². The van der Waals surface area contributed by atoms with Crippen LogP contribution in [0.4, 0.5) is 5.69 Å². The van der Waals surface area contributed by atoms with Gasteiger partial charge in [0.2, 0.25) is 0 Å². The molecular weight excluding hydrogens is 279 g/mol. The molecule has 3 N–H and O–H groups in total. The number of benzene rings is 1. The number of nitrogens with one attached hydrogen (secondary N) is 1. The molecule has 19 heavy (non-hydrogen) atoms. The van der Waals surface area contributed by atoms with Crippen LogP contribution in [0.15, 0.2) is 12.1 Å². The van der Waals surface area contributed by atoms with Gasteiger partial charge >= 0.3 is 0 Å². The fourth-order valence-electron chi connectivity index (χ4n) is 2.69. The lowest BCUT2D eigenvalue weighted by molar-refractivity contribution is 0.447. The highest BCUT2D eigenvalue weighted by atomic mass is 35.5. The molecule has 0 aliphatic heterocycles. The highest BCUT2D eigenvalue weighted by Gasteiger charge is 2.15. The summed E-state index contributed by atoms with van der Waals surface area (Å²) in [6.07, 6.45) is 6.53. The molecule has 4 heteroatoms. The Labute approximate surface area is 125 Å². The Kier molecular flexibility index (Phi) is 5.37. The molecule has 1 aromatic rings. The largest absolute Gasteiger partial charge is 0.396 e. The van der Waals surface area contributed by atoms with Gasteiger partial charge in [0.05, 0.1) is 15.7 Å². The predicted molar refractivity (Wildman–Crippen MR) is 83.8 cm³/mol. The highest BCUT2D eigenvalue weighted by Crippen LogP contribution is 2.29. The third-order valence-corrected chi connectivity index (χ3v) is 4.62. The van der Waals surface area contributed by atoms with Crippen molar-refractivity contribution in [2.24, 2.45) is 5.92 Å². The first kappa shape index (κ1) is 15.0. The molecule has 0 amide bonds. The van der Waals surface area contributed by atoms with Gasteiger partial charge < -0.3 is 11.1 Å². The summed E-state index contributed by atoms with van der Waals surface area (Å²) in [7, 11) is 0. The normalized spacial score (nSPS) is 24.2. The molecule has 2 atom stereocenters. The van der Waals surface area contributed by atoms with Crippen LogP contribution in [0.25, 0.3) is 0 Å². The fourth-order valence-corrected chi connectivity index (χ4v) is 3.22. The molecule has 0 spiro atoms. The van der Waals surface area contributed by atoms with E-state index in [0.29, 0.717) is 21.8 Å². The van der Waals surface area contributed by atoms with Gasteiger partial charge in [-0.3, -0.25) is 0 Å². The van der Waals surface area contributed by atoms with Crippen molar-refractivity contribution in [1.82, 2.24) is 5.32 Å². The van der Waals surface area contributed by atoms with E-state index in [1.165, 1.54) is 32.1 Å². The molecule has 0 saturated heterocycles. The Bertz CT molecular complexity index is 411. The molecule has 1 saturated carbocycles. The van der Waals surface area contributed by atoms with Gasteiger partial charge in [-0.25, -0.2) is 0 Å². The van der Waals surface area contributed by atoms with Gasteiger partial charge in [-0.2, -0.15) is 0 Å². The van der Waals surface area contributed by atoms with E-state index in [9.17, 15) is 0 Å². The molecule has 0 radical (unpaired) electrons. The summed E-state index contributed by atoms with van der Waals surface area (Å²) < 4.78 is 0. The van der Waals surface area contributed by atoms with Crippen LogP contribution >= 0.6 is 23.2 Å². The van der Waals surface area contributed by atoms with E-state index in [1.54, 1.807) is 0 Å². The Morgan fingerprint density at radius 3 is 2.53 bits per heavy atom. The standard InChI is InChI=1S/C15H22Cl2N2/c1-10-3-2-4-12(6-5-10)19-9-11-7-13(16)15(18)14(17)8-11/h7-8,10,12,19H,2-6,9,18H2,1H3. The first-order valence-electron chi connectivity index (χ1n) is 7.03. The monoisotopic (exact) mass is 300 g/mol. The molecule has 0 aromatic heterocycles. The molecule has 2 unspecified atom stereocenters. The van der Waals surface area contributed by atoms with Crippen LogP contribution in [0.1, 0.15) is 44.6 Å². The summed E-state index contributed by atoms with van der Waals surface area (Å²) >= 11 is 12.1. The van der Waals surface area contributed by atoms with E-state index in [4.69, 9.17) is 28.9 Å². The number of hydrogen-bond donors (Lipinski definition) is 2. The quantitative estimate of drug-likeness (QED) is 0.631. The summed E-state index contributed by atoms with van der Waals surface area (Å²) in [5.41, 5.74) is 7.31. The maximum Gasteiger partial charge on any atom is 0.0693 e. The van der Waals surface area contributed by atoms with Gasteiger partial charge in [0.15, 0.2) is 0 Å². The van der Waals surface area contributed by atoms with Crippen molar-refractivity contribution < 1.29 is 0 Å². The van der Waals surface area contributed by atoms with Crippen molar-refractivity contribution in [2.75, 3.05) is 5.73 Å². The van der Waals surface area contributed by atoms with Crippen molar-refractivity contribution in [3.8, 4) is 0 Å². The van der Waals surface area contributed by atoms with E-state index in [2.05, 4.69) is 12.2 Å². The topological polar surface area (TPSA) is 38.0 Å². The molecular formula is C15H22Cl2N2. The summed E-state index contributed by atoms with van der Waals surface area (Å²) in [5.74, 6) is 0.868. The van der Waals surface area contributed by atoms with Crippen molar-refractivity contribution in [3.05, 3.63) is 27.7 Å². The van der Waals surface area contributed by atoms with Crippen molar-refractivity contribution in [3.63, 3.8) is 0 Å². The lowest BCUT2D eigenvalue weighted by Crippen LogP contribution is -2.28. The minimum absolute atomic E-state index is 0.468. The lowest BCUT2D eigenvalue weighted by Gasteiger charge is -2.17. The van der Waals surface area contributed by atoms with Crippen LogP contribution in [0.3, 0.4) is 0 Å². The number of rotatable bonds is 3. The van der Waals surface area contributed by atoms with E-state index >= 15 is 0 Å². The van der Waals surface area contributed by atoms with Gasteiger partial charge in [-0.15, -0.1) is 0 Å². The zero-order valence-corrected chi connectivity index (χ0v) is 12.9. The number of hydrogen-bond acceptors (Lipinski definition) is 2. The van der Waals surface area contributed by atoms with Gasteiger partial charge in [0, 0.05) is 12.6 Å². The molecule has 1 fully saturated rings. The molecule has 2 rings (SSSR count). The second-order valence-corrected chi connectivity index (χ2v) is 6.48. The predicted octanol–water partition coefficient (Wildman–Crippen LogP) is 4.63.